The molecule has 1 aliphatic carbocycles. The Morgan fingerprint density at radius 1 is 1.00 bits per heavy atom. The van der Waals surface area contributed by atoms with Crippen LogP contribution in [0.15, 0.2) is 54.6 Å². The van der Waals surface area contributed by atoms with Gasteiger partial charge >= 0.3 is 0 Å². The van der Waals surface area contributed by atoms with Gasteiger partial charge in [-0.15, -0.1) is 0 Å². The summed E-state index contributed by atoms with van der Waals surface area (Å²) in [5.41, 5.74) is 0.454. The van der Waals surface area contributed by atoms with Gasteiger partial charge in [-0.3, -0.25) is 4.79 Å². The molecular weight excluding hydrogens is 322 g/mol. The Bertz CT molecular complexity index is 704. The molecule has 0 saturated heterocycles. The number of para-hydroxylation sites is 1. The summed E-state index contributed by atoms with van der Waals surface area (Å²) in [4.78, 5) is 12.3. The van der Waals surface area contributed by atoms with Crippen LogP contribution in [0.5, 0.6) is 11.5 Å². The molecule has 6 nitrogen and oxygen atoms in total. The molecule has 4 atom stereocenters. The predicted molar refractivity (Wildman–Crippen MR) is 91.7 cm³/mol. The molecule has 0 radical (unpaired) electrons. The lowest BCUT2D eigenvalue weighted by Gasteiger charge is -2.18. The van der Waals surface area contributed by atoms with Crippen LogP contribution in [0.1, 0.15) is 16.8 Å². The van der Waals surface area contributed by atoms with Crippen molar-refractivity contribution in [3.63, 3.8) is 0 Å². The molecular formula is C19H21NO5. The van der Waals surface area contributed by atoms with Crippen molar-refractivity contribution in [2.75, 3.05) is 7.11 Å². The minimum Gasteiger partial charge on any atom is -0.497 e. The largest absolute Gasteiger partial charge is 0.497 e. The van der Waals surface area contributed by atoms with E-state index >= 15 is 0 Å². The molecule has 2 aromatic carbocycles. The van der Waals surface area contributed by atoms with Gasteiger partial charge in [-0.05, 0) is 36.4 Å². The topological polar surface area (TPSA) is 88.0 Å². The van der Waals surface area contributed by atoms with Crippen molar-refractivity contribution in [1.29, 1.82) is 0 Å². The zero-order valence-electron chi connectivity index (χ0n) is 13.8. The van der Waals surface area contributed by atoms with E-state index < -0.39 is 24.4 Å². The van der Waals surface area contributed by atoms with E-state index in [1.807, 2.05) is 18.2 Å². The zero-order valence-corrected chi connectivity index (χ0v) is 13.8. The second-order valence-corrected chi connectivity index (χ2v) is 5.99. The average Bonchev–Trinajstić information content (AvgIpc) is 2.90. The Morgan fingerprint density at radius 2 is 1.68 bits per heavy atom. The molecule has 1 fully saturated rings. The minimum absolute atomic E-state index is 0.319. The Balaban J connectivity index is 1.63. The highest BCUT2D eigenvalue weighted by molar-refractivity contribution is 5.94. The third kappa shape index (κ3) is 3.92. The van der Waals surface area contributed by atoms with Crippen LogP contribution in [0.4, 0.5) is 0 Å². The van der Waals surface area contributed by atoms with Crippen molar-refractivity contribution in [1.82, 2.24) is 5.32 Å². The Morgan fingerprint density at radius 3 is 2.32 bits per heavy atom. The van der Waals surface area contributed by atoms with Crippen molar-refractivity contribution in [2.45, 2.75) is 30.8 Å². The molecule has 25 heavy (non-hydrogen) atoms. The highest BCUT2D eigenvalue weighted by Crippen LogP contribution is 2.26. The number of amides is 1. The summed E-state index contributed by atoms with van der Waals surface area (Å²) in [7, 11) is 1.55. The number of rotatable bonds is 5. The van der Waals surface area contributed by atoms with Crippen molar-refractivity contribution in [3.8, 4) is 11.5 Å². The molecule has 0 unspecified atom stereocenters. The van der Waals surface area contributed by atoms with Crippen LogP contribution in [-0.2, 0) is 0 Å². The fourth-order valence-electron chi connectivity index (χ4n) is 2.92. The Hall–Kier alpha value is -2.57. The second kappa shape index (κ2) is 7.55. The first-order valence-corrected chi connectivity index (χ1v) is 8.11. The van der Waals surface area contributed by atoms with Gasteiger partial charge in [0.2, 0.25) is 0 Å². The van der Waals surface area contributed by atoms with Crippen LogP contribution in [0, 0.1) is 0 Å². The number of aliphatic hydroxyl groups excluding tert-OH is 2. The lowest BCUT2D eigenvalue weighted by Crippen LogP contribution is -2.43. The van der Waals surface area contributed by atoms with Crippen molar-refractivity contribution < 1.29 is 24.5 Å². The molecule has 2 aromatic rings. The van der Waals surface area contributed by atoms with Crippen LogP contribution in [-0.4, -0.2) is 47.6 Å². The summed E-state index contributed by atoms with van der Waals surface area (Å²) in [6.45, 7) is 0. The molecule has 0 spiro atoms. The molecule has 1 saturated carbocycles. The summed E-state index contributed by atoms with van der Waals surface area (Å²) in [6.07, 6.45) is -2.42. The van der Waals surface area contributed by atoms with Gasteiger partial charge in [-0.1, -0.05) is 18.2 Å². The van der Waals surface area contributed by atoms with Gasteiger partial charge in [-0.2, -0.15) is 0 Å². The van der Waals surface area contributed by atoms with E-state index in [2.05, 4.69) is 5.32 Å². The van der Waals surface area contributed by atoms with Crippen LogP contribution in [0.2, 0.25) is 0 Å². The van der Waals surface area contributed by atoms with Crippen molar-refractivity contribution in [2.24, 2.45) is 0 Å². The van der Waals surface area contributed by atoms with Gasteiger partial charge in [-0.25, -0.2) is 0 Å². The highest BCUT2D eigenvalue weighted by atomic mass is 16.5. The maximum atomic E-state index is 12.3. The summed E-state index contributed by atoms with van der Waals surface area (Å²) in [5, 5.41) is 23.2. The lowest BCUT2D eigenvalue weighted by molar-refractivity contribution is -0.0135. The molecule has 132 valence electrons. The fraction of sp³-hybridized carbons (Fsp3) is 0.316. The zero-order chi connectivity index (χ0) is 17.8. The van der Waals surface area contributed by atoms with Gasteiger partial charge in [0.05, 0.1) is 13.2 Å². The number of benzene rings is 2. The molecule has 0 heterocycles. The van der Waals surface area contributed by atoms with Crippen LogP contribution >= 0.6 is 0 Å². The van der Waals surface area contributed by atoms with Crippen LogP contribution in [0.25, 0.3) is 0 Å². The molecule has 1 aliphatic rings. The van der Waals surface area contributed by atoms with E-state index in [1.54, 1.807) is 43.5 Å². The van der Waals surface area contributed by atoms with Crippen LogP contribution in [0.3, 0.4) is 0 Å². The van der Waals surface area contributed by atoms with Crippen LogP contribution < -0.4 is 14.8 Å². The second-order valence-electron chi connectivity index (χ2n) is 5.99. The van der Waals surface area contributed by atoms with Gasteiger partial charge < -0.3 is 25.0 Å². The number of hydrogen-bond acceptors (Lipinski definition) is 5. The molecule has 0 aromatic heterocycles. The van der Waals surface area contributed by atoms with Gasteiger partial charge in [0.15, 0.2) is 0 Å². The van der Waals surface area contributed by atoms with Crippen molar-refractivity contribution >= 4 is 5.91 Å². The number of carbonyl (C=O) groups is 1. The monoisotopic (exact) mass is 343 g/mol. The van der Waals surface area contributed by atoms with Crippen molar-refractivity contribution in [3.05, 3.63) is 60.2 Å². The van der Waals surface area contributed by atoms with E-state index in [9.17, 15) is 15.0 Å². The third-order valence-corrected chi connectivity index (χ3v) is 4.33. The minimum atomic E-state index is -1.09. The number of carbonyl (C=O) groups excluding carboxylic acids is 1. The lowest BCUT2D eigenvalue weighted by atomic mass is 10.1. The van der Waals surface area contributed by atoms with E-state index in [0.717, 1.165) is 0 Å². The number of hydrogen-bond donors (Lipinski definition) is 3. The SMILES string of the molecule is COc1ccc(C(=O)N[C@@H]2C[C@@H](Oc3ccccc3)[C@H](O)[C@H]2O)cc1. The summed E-state index contributed by atoms with van der Waals surface area (Å²) < 4.78 is 10.8. The number of nitrogens with one attached hydrogen (secondary N) is 1. The Kier molecular flexibility index (Phi) is 5.21. The summed E-state index contributed by atoms with van der Waals surface area (Å²) >= 11 is 0. The Labute approximate surface area is 146 Å². The molecule has 0 bridgehead atoms. The molecule has 6 heteroatoms. The smallest absolute Gasteiger partial charge is 0.251 e. The third-order valence-electron chi connectivity index (χ3n) is 4.33. The first-order chi connectivity index (χ1) is 12.1. The van der Waals surface area contributed by atoms with E-state index in [0.29, 0.717) is 23.5 Å². The molecule has 1 amide bonds. The first-order valence-electron chi connectivity index (χ1n) is 8.11. The highest BCUT2D eigenvalue weighted by Gasteiger charge is 2.43. The summed E-state index contributed by atoms with van der Waals surface area (Å²) in [5.74, 6) is 0.948. The van der Waals surface area contributed by atoms with E-state index in [1.165, 1.54) is 0 Å². The molecule has 3 rings (SSSR count). The maximum Gasteiger partial charge on any atom is 0.251 e. The molecule has 3 N–H and O–H groups in total. The average molecular weight is 343 g/mol. The van der Waals surface area contributed by atoms with E-state index in [-0.39, 0.29) is 5.91 Å². The summed E-state index contributed by atoms with van der Waals surface area (Å²) in [6, 6.07) is 15.2. The predicted octanol–water partition coefficient (Wildman–Crippen LogP) is 1.37. The van der Waals surface area contributed by atoms with Gasteiger partial charge in [0.1, 0.15) is 29.8 Å². The quantitative estimate of drug-likeness (QED) is 0.763. The standard InChI is InChI=1S/C19H21NO5/c1-24-13-9-7-12(8-10-13)19(23)20-15-11-16(18(22)17(15)21)25-14-5-3-2-4-6-14/h2-10,15-18,21-22H,11H2,1H3,(H,20,23)/t15-,16-,17+,18+/m1/s1. The first kappa shape index (κ1) is 17.3. The molecule has 0 aliphatic heterocycles. The maximum absolute atomic E-state index is 12.3. The normalized spacial score (nSPS) is 25.4. The van der Waals surface area contributed by atoms with Gasteiger partial charge in [0, 0.05) is 12.0 Å². The number of aliphatic hydroxyl groups is 2. The fourth-order valence-corrected chi connectivity index (χ4v) is 2.92. The number of ether oxygens (including phenoxy) is 2. The van der Waals surface area contributed by atoms with Gasteiger partial charge in [0.25, 0.3) is 5.91 Å². The van der Waals surface area contributed by atoms with E-state index in [4.69, 9.17) is 9.47 Å². The number of methoxy groups -OCH3 is 1.